The fourth-order valence-electron chi connectivity index (χ4n) is 3.80. The zero-order valence-electron chi connectivity index (χ0n) is 16.6. The van der Waals surface area contributed by atoms with Crippen LogP contribution in [0.2, 0.25) is 0 Å². The van der Waals surface area contributed by atoms with E-state index in [2.05, 4.69) is 0 Å². The molecule has 2 aromatic carbocycles. The number of esters is 1. The molecule has 2 aliphatic heterocycles. The molecule has 0 saturated heterocycles. The van der Waals surface area contributed by atoms with Gasteiger partial charge in [0.1, 0.15) is 17.6 Å². The Labute approximate surface area is 169 Å². The average molecular weight is 396 g/mol. The van der Waals surface area contributed by atoms with E-state index in [1.807, 2.05) is 18.2 Å². The summed E-state index contributed by atoms with van der Waals surface area (Å²) in [6, 6.07) is 12.3. The van der Waals surface area contributed by atoms with Gasteiger partial charge < -0.3 is 24.4 Å². The number of methoxy groups -OCH3 is 1. The summed E-state index contributed by atoms with van der Waals surface area (Å²) in [5, 5.41) is 19.8. The van der Waals surface area contributed by atoms with E-state index in [9.17, 15) is 15.0 Å². The molecule has 0 saturated carbocycles. The maximum Gasteiger partial charge on any atom is 0.341 e. The third-order valence-electron chi connectivity index (χ3n) is 5.38. The van der Waals surface area contributed by atoms with E-state index in [-0.39, 0.29) is 11.9 Å². The highest BCUT2D eigenvalue weighted by atomic mass is 16.7. The number of carbonyl (C=O) groups excluding carboxylic acids is 1. The first-order valence-electron chi connectivity index (χ1n) is 9.53. The van der Waals surface area contributed by atoms with Gasteiger partial charge in [-0.1, -0.05) is 24.3 Å². The Morgan fingerprint density at radius 2 is 1.86 bits per heavy atom. The maximum absolute atomic E-state index is 12.5. The van der Waals surface area contributed by atoms with Crippen molar-refractivity contribution in [3.63, 3.8) is 0 Å². The number of phenolic OH excluding ortho intramolecular Hbond substituents is 1. The van der Waals surface area contributed by atoms with Gasteiger partial charge in [0.25, 0.3) is 0 Å². The van der Waals surface area contributed by atoms with Gasteiger partial charge in [0.05, 0.1) is 11.2 Å². The molecule has 6 heteroatoms. The second-order valence-electron chi connectivity index (χ2n) is 8.00. The predicted molar refractivity (Wildman–Crippen MR) is 106 cm³/mol. The fourth-order valence-corrected chi connectivity index (χ4v) is 3.80. The Morgan fingerprint density at radius 1 is 1.14 bits per heavy atom. The van der Waals surface area contributed by atoms with Gasteiger partial charge in [-0.2, -0.15) is 0 Å². The molecule has 0 fully saturated rings. The Hall–Kier alpha value is -2.83. The molecule has 6 nitrogen and oxygen atoms in total. The van der Waals surface area contributed by atoms with Crippen LogP contribution in [0, 0.1) is 0 Å². The number of hydrogen-bond acceptors (Lipinski definition) is 6. The maximum atomic E-state index is 12.5. The van der Waals surface area contributed by atoms with E-state index in [0.29, 0.717) is 24.0 Å². The molecule has 1 unspecified atom stereocenters. The van der Waals surface area contributed by atoms with Crippen LogP contribution in [0.5, 0.6) is 11.5 Å². The van der Waals surface area contributed by atoms with Gasteiger partial charge in [-0.25, -0.2) is 4.79 Å². The minimum Gasteiger partial charge on any atom is -0.508 e. The minimum absolute atomic E-state index is 0.130. The summed E-state index contributed by atoms with van der Waals surface area (Å²) in [7, 11) is 1.50. The number of phenols is 1. The summed E-state index contributed by atoms with van der Waals surface area (Å²) in [5.41, 5.74) is 2.97. The van der Waals surface area contributed by atoms with Crippen LogP contribution in [-0.4, -0.2) is 41.3 Å². The monoisotopic (exact) mass is 396 g/mol. The average Bonchev–Trinajstić information content (AvgIpc) is 3.23. The molecule has 0 bridgehead atoms. The zero-order chi connectivity index (χ0) is 20.8. The van der Waals surface area contributed by atoms with Crippen LogP contribution in [0.3, 0.4) is 0 Å². The molecule has 2 N–H and O–H groups in total. The summed E-state index contributed by atoms with van der Waals surface area (Å²) < 4.78 is 16.6. The highest BCUT2D eigenvalue weighted by molar-refractivity contribution is 6.19. The van der Waals surface area contributed by atoms with Crippen molar-refractivity contribution < 1.29 is 29.2 Å². The van der Waals surface area contributed by atoms with Crippen LogP contribution in [0.4, 0.5) is 0 Å². The van der Waals surface area contributed by atoms with Crippen molar-refractivity contribution in [1.82, 2.24) is 0 Å². The molecule has 2 aliphatic rings. The van der Waals surface area contributed by atoms with E-state index in [4.69, 9.17) is 14.2 Å². The number of hydrogen-bond donors (Lipinski definition) is 2. The zero-order valence-corrected chi connectivity index (χ0v) is 16.6. The third-order valence-corrected chi connectivity index (χ3v) is 5.38. The largest absolute Gasteiger partial charge is 0.508 e. The number of benzene rings is 2. The van der Waals surface area contributed by atoms with E-state index >= 15 is 0 Å². The summed E-state index contributed by atoms with van der Waals surface area (Å²) in [6.45, 7) is 3.48. The van der Waals surface area contributed by atoms with Crippen molar-refractivity contribution >= 4 is 11.5 Å². The van der Waals surface area contributed by atoms with Gasteiger partial charge in [-0.3, -0.25) is 0 Å². The Kier molecular flexibility index (Phi) is 4.84. The molecule has 152 valence electrons. The van der Waals surface area contributed by atoms with Crippen molar-refractivity contribution in [2.45, 2.75) is 44.7 Å². The third kappa shape index (κ3) is 3.73. The molecule has 2 atom stereocenters. The quantitative estimate of drug-likeness (QED) is 0.756. The fraction of sp³-hybridized carbons (Fsp3) is 0.348. The van der Waals surface area contributed by atoms with Crippen LogP contribution in [0.1, 0.15) is 30.5 Å². The van der Waals surface area contributed by atoms with E-state index in [0.717, 1.165) is 22.4 Å². The number of cyclic esters (lactones) is 1. The molecule has 4 rings (SSSR count). The Balaban J connectivity index is 1.67. The minimum atomic E-state index is -0.930. The lowest BCUT2D eigenvalue weighted by Gasteiger charge is -2.24. The summed E-state index contributed by atoms with van der Waals surface area (Å²) in [4.78, 5) is 12.5. The Bertz CT molecular complexity index is 968. The lowest BCUT2D eigenvalue weighted by molar-refractivity contribution is -0.154. The number of aromatic hydroxyl groups is 1. The first kappa shape index (κ1) is 19.5. The first-order valence-corrected chi connectivity index (χ1v) is 9.53. The number of carbonyl (C=O) groups is 1. The van der Waals surface area contributed by atoms with Gasteiger partial charge in [-0.05, 0) is 48.7 Å². The number of rotatable bonds is 5. The topological polar surface area (TPSA) is 85.2 Å². The van der Waals surface area contributed by atoms with Gasteiger partial charge in [-0.15, -0.1) is 0 Å². The second-order valence-corrected chi connectivity index (χ2v) is 8.00. The number of aliphatic hydroxyl groups is 1. The van der Waals surface area contributed by atoms with Crippen LogP contribution in [-0.2, 0) is 27.1 Å². The molecular formula is C23H24O6. The van der Waals surface area contributed by atoms with Crippen molar-refractivity contribution in [3.8, 4) is 11.5 Å². The molecule has 29 heavy (non-hydrogen) atoms. The molecule has 0 aromatic heterocycles. The van der Waals surface area contributed by atoms with Gasteiger partial charge in [0, 0.05) is 25.5 Å². The molecular weight excluding hydrogens is 372 g/mol. The van der Waals surface area contributed by atoms with Crippen LogP contribution in [0.15, 0.2) is 48.0 Å². The standard InChI is InChI=1S/C23H24O6/c1-23(2,26)19-12-15-10-13(4-9-18(15)28-19)11-17-20(21(25)29-22(17)27-3)14-5-7-16(24)8-6-14/h4-10,19,22,24,26H,11-12H2,1-3H3/t19?,22-/m1/s1. The van der Waals surface area contributed by atoms with Gasteiger partial charge in [0.15, 0.2) is 0 Å². The lowest BCUT2D eigenvalue weighted by atomic mass is 9.93. The van der Waals surface area contributed by atoms with Crippen LogP contribution in [0.25, 0.3) is 5.57 Å². The van der Waals surface area contributed by atoms with Crippen LogP contribution >= 0.6 is 0 Å². The van der Waals surface area contributed by atoms with E-state index < -0.39 is 17.9 Å². The summed E-state index contributed by atoms with van der Waals surface area (Å²) in [5.74, 6) is 0.463. The summed E-state index contributed by atoms with van der Waals surface area (Å²) >= 11 is 0. The molecule has 0 amide bonds. The van der Waals surface area contributed by atoms with Crippen LogP contribution < -0.4 is 4.74 Å². The molecule has 2 aromatic rings. The highest BCUT2D eigenvalue weighted by Crippen LogP contribution is 2.37. The smallest absolute Gasteiger partial charge is 0.341 e. The van der Waals surface area contributed by atoms with Crippen molar-refractivity contribution in [3.05, 3.63) is 64.7 Å². The van der Waals surface area contributed by atoms with E-state index in [1.54, 1.807) is 26.0 Å². The highest BCUT2D eigenvalue weighted by Gasteiger charge is 2.37. The molecule has 0 spiro atoms. The van der Waals surface area contributed by atoms with Crippen molar-refractivity contribution in [2.75, 3.05) is 7.11 Å². The first-order chi connectivity index (χ1) is 13.8. The number of fused-ring (bicyclic) bond motifs is 1. The van der Waals surface area contributed by atoms with E-state index in [1.165, 1.54) is 19.2 Å². The predicted octanol–water partition coefficient (Wildman–Crippen LogP) is 2.99. The van der Waals surface area contributed by atoms with Crippen molar-refractivity contribution in [2.24, 2.45) is 0 Å². The lowest BCUT2D eigenvalue weighted by Crippen LogP contribution is -2.39. The SMILES string of the molecule is CO[C@@H]1OC(=O)C(c2ccc(O)cc2)=C1Cc1ccc2c(c1)CC(C(C)(C)O)O2. The molecule has 0 radical (unpaired) electrons. The van der Waals surface area contributed by atoms with Gasteiger partial charge >= 0.3 is 5.97 Å². The molecule has 0 aliphatic carbocycles. The molecule has 2 heterocycles. The summed E-state index contributed by atoms with van der Waals surface area (Å²) in [6.07, 6.45) is 0.0585. The normalized spacial score (nSPS) is 21.2. The van der Waals surface area contributed by atoms with Gasteiger partial charge in [0.2, 0.25) is 6.29 Å². The number of ether oxygens (including phenoxy) is 3. The van der Waals surface area contributed by atoms with Crippen molar-refractivity contribution in [1.29, 1.82) is 0 Å². The Morgan fingerprint density at radius 3 is 2.52 bits per heavy atom. The second kappa shape index (κ2) is 7.21.